The van der Waals surface area contributed by atoms with Crippen LogP contribution in [0.2, 0.25) is 4.34 Å². The molecule has 0 unspecified atom stereocenters. The summed E-state index contributed by atoms with van der Waals surface area (Å²) in [6, 6.07) is 5.78. The van der Waals surface area contributed by atoms with Crippen LogP contribution in [0.4, 0.5) is 4.79 Å². The molecule has 0 spiro atoms. The van der Waals surface area contributed by atoms with Crippen LogP contribution in [-0.4, -0.2) is 34.3 Å². The Hall–Kier alpha value is -1.53. The van der Waals surface area contributed by atoms with E-state index in [1.165, 1.54) is 11.3 Å². The SMILES string of the molecule is Cc1cc(C)n(CCCNC(=O)N(C)Cc2ccc(Cl)s2)n1. The topological polar surface area (TPSA) is 50.2 Å². The molecule has 0 saturated heterocycles. The second-order valence-electron chi connectivity index (χ2n) is 5.30. The van der Waals surface area contributed by atoms with Crippen molar-refractivity contribution in [2.24, 2.45) is 0 Å². The molecule has 0 atom stereocenters. The van der Waals surface area contributed by atoms with Crippen LogP contribution in [0.5, 0.6) is 0 Å². The van der Waals surface area contributed by atoms with Crippen molar-refractivity contribution in [3.63, 3.8) is 0 Å². The highest BCUT2D eigenvalue weighted by atomic mass is 35.5. The van der Waals surface area contributed by atoms with Crippen LogP contribution in [0.25, 0.3) is 0 Å². The van der Waals surface area contributed by atoms with Gasteiger partial charge < -0.3 is 10.2 Å². The number of thiophene rings is 1. The maximum atomic E-state index is 12.0. The van der Waals surface area contributed by atoms with Crippen LogP contribution in [0.1, 0.15) is 22.7 Å². The number of carbonyl (C=O) groups excluding carboxylic acids is 1. The van der Waals surface area contributed by atoms with Gasteiger partial charge in [-0.3, -0.25) is 4.68 Å². The van der Waals surface area contributed by atoms with E-state index >= 15 is 0 Å². The second kappa shape index (κ2) is 7.65. The zero-order valence-corrected chi connectivity index (χ0v) is 14.7. The summed E-state index contributed by atoms with van der Waals surface area (Å²) in [7, 11) is 1.78. The molecule has 5 nitrogen and oxygen atoms in total. The van der Waals surface area contributed by atoms with Crippen LogP contribution >= 0.6 is 22.9 Å². The monoisotopic (exact) mass is 340 g/mol. The van der Waals surface area contributed by atoms with Crippen LogP contribution in [-0.2, 0) is 13.1 Å². The van der Waals surface area contributed by atoms with E-state index in [9.17, 15) is 4.79 Å². The Bertz CT molecular complexity index is 637. The van der Waals surface area contributed by atoms with E-state index in [1.54, 1.807) is 11.9 Å². The molecule has 2 aromatic heterocycles. The lowest BCUT2D eigenvalue weighted by Crippen LogP contribution is -2.37. The predicted octanol–water partition coefficient (Wildman–Crippen LogP) is 3.45. The molecule has 0 aliphatic heterocycles. The van der Waals surface area contributed by atoms with Gasteiger partial charge in [-0.2, -0.15) is 5.10 Å². The van der Waals surface area contributed by atoms with E-state index in [0.29, 0.717) is 13.1 Å². The van der Waals surface area contributed by atoms with Crippen molar-refractivity contribution in [2.45, 2.75) is 33.4 Å². The summed E-state index contributed by atoms with van der Waals surface area (Å²) in [6.07, 6.45) is 0.854. The van der Waals surface area contributed by atoms with Crippen molar-refractivity contribution >= 4 is 29.0 Å². The highest BCUT2D eigenvalue weighted by molar-refractivity contribution is 7.16. The lowest BCUT2D eigenvalue weighted by atomic mass is 10.4. The van der Waals surface area contributed by atoms with E-state index in [0.717, 1.165) is 33.6 Å². The van der Waals surface area contributed by atoms with Crippen molar-refractivity contribution in [3.8, 4) is 0 Å². The summed E-state index contributed by atoms with van der Waals surface area (Å²) in [5.74, 6) is 0. The van der Waals surface area contributed by atoms with E-state index < -0.39 is 0 Å². The Kier molecular flexibility index (Phi) is 5.85. The third kappa shape index (κ3) is 4.74. The zero-order chi connectivity index (χ0) is 16.1. The van der Waals surface area contributed by atoms with Gasteiger partial charge in [0.05, 0.1) is 16.6 Å². The second-order valence-corrected chi connectivity index (χ2v) is 7.10. The smallest absolute Gasteiger partial charge is 0.317 e. The average Bonchev–Trinajstić information content (AvgIpc) is 3.00. The van der Waals surface area contributed by atoms with Gasteiger partial charge in [-0.1, -0.05) is 11.6 Å². The van der Waals surface area contributed by atoms with Crippen LogP contribution in [0.3, 0.4) is 0 Å². The molecule has 2 amide bonds. The summed E-state index contributed by atoms with van der Waals surface area (Å²) in [4.78, 5) is 14.7. The number of nitrogens with one attached hydrogen (secondary N) is 1. The predicted molar refractivity (Wildman–Crippen MR) is 90.5 cm³/mol. The molecule has 2 aromatic rings. The minimum atomic E-state index is -0.0714. The Labute approximate surface area is 139 Å². The van der Waals surface area contributed by atoms with Gasteiger partial charge in [-0.05, 0) is 38.5 Å². The number of nitrogens with zero attached hydrogens (tertiary/aromatic N) is 3. The number of halogens is 1. The lowest BCUT2D eigenvalue weighted by Gasteiger charge is -2.17. The first kappa shape index (κ1) is 16.8. The number of aromatic nitrogens is 2. The number of hydrogen-bond acceptors (Lipinski definition) is 3. The third-order valence-electron chi connectivity index (χ3n) is 3.29. The normalized spacial score (nSPS) is 10.7. The van der Waals surface area contributed by atoms with Crippen LogP contribution in [0.15, 0.2) is 18.2 Å². The first-order chi connectivity index (χ1) is 10.5. The summed E-state index contributed by atoms with van der Waals surface area (Å²) < 4.78 is 2.72. The average molecular weight is 341 g/mol. The fraction of sp³-hybridized carbons (Fsp3) is 0.467. The molecule has 2 heterocycles. The van der Waals surface area contributed by atoms with Crippen LogP contribution in [0, 0.1) is 13.8 Å². The molecular formula is C15H21ClN4OS. The number of aryl methyl sites for hydroxylation is 3. The first-order valence-electron chi connectivity index (χ1n) is 7.20. The number of carbonyl (C=O) groups is 1. The molecule has 120 valence electrons. The number of hydrogen-bond donors (Lipinski definition) is 1. The van der Waals surface area contributed by atoms with Crippen LogP contribution < -0.4 is 5.32 Å². The fourth-order valence-electron chi connectivity index (χ4n) is 2.20. The van der Waals surface area contributed by atoms with Gasteiger partial charge in [0.2, 0.25) is 0 Å². The molecule has 7 heteroatoms. The standard InChI is InChI=1S/C15H21ClN4OS/c1-11-9-12(2)20(18-11)8-4-7-17-15(21)19(3)10-13-5-6-14(16)22-13/h5-6,9H,4,7-8,10H2,1-3H3,(H,17,21). The third-order valence-corrected chi connectivity index (χ3v) is 4.51. The Morgan fingerprint density at radius 1 is 1.45 bits per heavy atom. The minimum absolute atomic E-state index is 0.0714. The largest absolute Gasteiger partial charge is 0.338 e. The molecule has 0 aliphatic rings. The highest BCUT2D eigenvalue weighted by Gasteiger charge is 2.10. The van der Waals surface area contributed by atoms with Gasteiger partial charge >= 0.3 is 6.03 Å². The van der Waals surface area contributed by atoms with E-state index in [2.05, 4.69) is 16.5 Å². The van der Waals surface area contributed by atoms with Gasteiger partial charge in [0, 0.05) is 30.7 Å². The molecule has 0 radical (unpaired) electrons. The fourth-order valence-corrected chi connectivity index (χ4v) is 3.34. The van der Waals surface area contributed by atoms with Gasteiger partial charge in [0.15, 0.2) is 0 Å². The van der Waals surface area contributed by atoms with Crippen molar-refractivity contribution in [2.75, 3.05) is 13.6 Å². The Morgan fingerprint density at radius 3 is 2.82 bits per heavy atom. The highest BCUT2D eigenvalue weighted by Crippen LogP contribution is 2.22. The molecule has 0 fully saturated rings. The van der Waals surface area contributed by atoms with Crippen molar-refractivity contribution in [1.82, 2.24) is 20.0 Å². The summed E-state index contributed by atoms with van der Waals surface area (Å²) >= 11 is 7.38. The molecule has 0 aromatic carbocycles. The molecule has 0 bridgehead atoms. The number of amides is 2. The van der Waals surface area contributed by atoms with Crippen molar-refractivity contribution in [3.05, 3.63) is 38.8 Å². The number of rotatable bonds is 6. The molecule has 22 heavy (non-hydrogen) atoms. The molecular weight excluding hydrogens is 320 g/mol. The lowest BCUT2D eigenvalue weighted by molar-refractivity contribution is 0.207. The van der Waals surface area contributed by atoms with E-state index in [1.807, 2.05) is 30.7 Å². The van der Waals surface area contributed by atoms with Crippen molar-refractivity contribution < 1.29 is 4.79 Å². The van der Waals surface area contributed by atoms with E-state index in [-0.39, 0.29) is 6.03 Å². The molecule has 2 rings (SSSR count). The maximum absolute atomic E-state index is 12.0. The van der Waals surface area contributed by atoms with Gasteiger partial charge in [0.1, 0.15) is 0 Å². The quantitative estimate of drug-likeness (QED) is 0.819. The number of urea groups is 1. The van der Waals surface area contributed by atoms with Gasteiger partial charge in [0.25, 0.3) is 0 Å². The van der Waals surface area contributed by atoms with Gasteiger partial charge in [-0.15, -0.1) is 11.3 Å². The zero-order valence-electron chi connectivity index (χ0n) is 13.1. The molecule has 0 aliphatic carbocycles. The first-order valence-corrected chi connectivity index (χ1v) is 8.39. The van der Waals surface area contributed by atoms with Gasteiger partial charge in [-0.25, -0.2) is 4.79 Å². The molecule has 1 N–H and O–H groups in total. The minimum Gasteiger partial charge on any atom is -0.338 e. The summed E-state index contributed by atoms with van der Waals surface area (Å²) in [5, 5.41) is 7.33. The van der Waals surface area contributed by atoms with Crippen molar-refractivity contribution in [1.29, 1.82) is 0 Å². The Balaban J connectivity index is 1.70. The maximum Gasteiger partial charge on any atom is 0.317 e. The molecule has 0 saturated carbocycles. The Morgan fingerprint density at radius 2 is 2.23 bits per heavy atom. The summed E-state index contributed by atoms with van der Waals surface area (Å²) in [6.45, 7) is 6.03. The summed E-state index contributed by atoms with van der Waals surface area (Å²) in [5.41, 5.74) is 2.17. The van der Waals surface area contributed by atoms with E-state index in [4.69, 9.17) is 11.6 Å².